The topological polar surface area (TPSA) is 76.8 Å². The van der Waals surface area contributed by atoms with Crippen LogP contribution in [0.3, 0.4) is 0 Å². The van der Waals surface area contributed by atoms with Crippen LogP contribution in [0.2, 0.25) is 0 Å². The highest BCUT2D eigenvalue weighted by Gasteiger charge is 2.36. The molecule has 2 heterocycles. The number of carbonyl (C=O) groups is 3. The fourth-order valence-corrected chi connectivity index (χ4v) is 3.57. The van der Waals surface area contributed by atoms with Gasteiger partial charge in [-0.3, -0.25) is 14.5 Å². The van der Waals surface area contributed by atoms with Gasteiger partial charge in [0.2, 0.25) is 0 Å². The van der Waals surface area contributed by atoms with Crippen LogP contribution in [0.1, 0.15) is 36.9 Å². The first kappa shape index (κ1) is 19.0. The number of nitrogens with zero attached hydrogens (tertiary/aromatic N) is 1. The fraction of sp³-hybridized carbons (Fsp3) is 0.250. The zero-order chi connectivity index (χ0) is 19.6. The Bertz CT molecular complexity index is 911. The van der Waals surface area contributed by atoms with E-state index in [1.807, 2.05) is 0 Å². The summed E-state index contributed by atoms with van der Waals surface area (Å²) >= 11 is 0.907. The molecule has 6 nitrogen and oxygen atoms in total. The Hall–Kier alpha value is -2.80. The van der Waals surface area contributed by atoms with Crippen LogP contribution in [0.25, 0.3) is 17.4 Å². The van der Waals surface area contributed by atoms with E-state index in [4.69, 9.17) is 9.15 Å². The minimum atomic E-state index is -0.370. The van der Waals surface area contributed by atoms with Gasteiger partial charge in [0.15, 0.2) is 0 Å². The average Bonchev–Trinajstić information content (AvgIpc) is 3.20. The zero-order valence-corrected chi connectivity index (χ0v) is 16.0. The van der Waals surface area contributed by atoms with E-state index in [0.29, 0.717) is 28.6 Å². The Morgan fingerprint density at radius 1 is 1.19 bits per heavy atom. The van der Waals surface area contributed by atoms with Crippen molar-refractivity contribution in [2.45, 2.75) is 26.8 Å². The Morgan fingerprint density at radius 3 is 2.48 bits per heavy atom. The van der Waals surface area contributed by atoms with Crippen molar-refractivity contribution in [1.82, 2.24) is 4.90 Å². The number of esters is 1. The third-order valence-electron chi connectivity index (χ3n) is 3.92. The molecule has 140 valence electrons. The molecule has 0 bridgehead atoms. The van der Waals surface area contributed by atoms with Crippen molar-refractivity contribution in [3.05, 3.63) is 52.6 Å². The van der Waals surface area contributed by atoms with Gasteiger partial charge in [-0.05, 0) is 56.8 Å². The molecule has 2 aromatic rings. The smallest absolute Gasteiger partial charge is 0.338 e. The SMILES string of the molecule is CCOC(=O)c1ccc(-c2ccc(/C=C3/SC(=O)N(C(C)C)C3=O)o2)cc1. The van der Waals surface area contributed by atoms with Gasteiger partial charge in [-0.2, -0.15) is 0 Å². The molecule has 1 aromatic carbocycles. The van der Waals surface area contributed by atoms with E-state index < -0.39 is 0 Å². The molecular formula is C20H19NO5S. The molecule has 1 fully saturated rings. The molecule has 7 heteroatoms. The molecule has 0 spiro atoms. The van der Waals surface area contributed by atoms with Gasteiger partial charge in [0, 0.05) is 17.7 Å². The van der Waals surface area contributed by atoms with Crippen LogP contribution in [-0.2, 0) is 9.53 Å². The first-order valence-electron chi connectivity index (χ1n) is 8.55. The third-order valence-corrected chi connectivity index (χ3v) is 4.80. The molecule has 0 unspecified atom stereocenters. The molecule has 0 aliphatic carbocycles. The summed E-state index contributed by atoms with van der Waals surface area (Å²) in [5, 5.41) is -0.275. The Kier molecular flexibility index (Phi) is 5.51. The molecule has 3 rings (SSSR count). The monoisotopic (exact) mass is 385 g/mol. The number of hydrogen-bond donors (Lipinski definition) is 0. The summed E-state index contributed by atoms with van der Waals surface area (Å²) in [5.74, 6) is 0.398. The van der Waals surface area contributed by atoms with E-state index in [9.17, 15) is 14.4 Å². The summed E-state index contributed by atoms with van der Waals surface area (Å²) in [4.78, 5) is 37.5. The average molecular weight is 385 g/mol. The predicted octanol–water partition coefficient (Wildman–Crippen LogP) is 4.57. The van der Waals surface area contributed by atoms with Crippen LogP contribution in [0.15, 0.2) is 45.7 Å². The molecule has 0 N–H and O–H groups in total. The first-order chi connectivity index (χ1) is 12.9. The zero-order valence-electron chi connectivity index (χ0n) is 15.2. The summed E-state index contributed by atoms with van der Waals surface area (Å²) in [6.07, 6.45) is 1.57. The van der Waals surface area contributed by atoms with E-state index in [0.717, 1.165) is 17.3 Å². The second-order valence-corrected chi connectivity index (χ2v) is 7.14. The number of hydrogen-bond acceptors (Lipinski definition) is 6. The highest BCUT2D eigenvalue weighted by molar-refractivity contribution is 8.18. The highest BCUT2D eigenvalue weighted by atomic mass is 32.2. The Balaban J connectivity index is 1.78. The van der Waals surface area contributed by atoms with Crippen molar-refractivity contribution in [2.24, 2.45) is 0 Å². The minimum absolute atomic E-state index is 0.187. The molecule has 1 aromatic heterocycles. The van der Waals surface area contributed by atoms with E-state index in [2.05, 4.69) is 0 Å². The number of furan rings is 1. The van der Waals surface area contributed by atoms with Gasteiger partial charge in [-0.25, -0.2) is 4.79 Å². The fourth-order valence-electron chi connectivity index (χ4n) is 2.62. The van der Waals surface area contributed by atoms with E-state index in [1.165, 1.54) is 4.90 Å². The number of rotatable bonds is 5. The van der Waals surface area contributed by atoms with Crippen LogP contribution in [-0.4, -0.2) is 34.7 Å². The van der Waals surface area contributed by atoms with Crippen LogP contribution in [0, 0.1) is 0 Å². The number of thioether (sulfide) groups is 1. The van der Waals surface area contributed by atoms with Crippen molar-refractivity contribution in [3.63, 3.8) is 0 Å². The summed E-state index contributed by atoms with van der Waals surface area (Å²) in [6, 6.07) is 10.2. The van der Waals surface area contributed by atoms with Gasteiger partial charge >= 0.3 is 5.97 Å². The maximum absolute atomic E-state index is 12.3. The highest BCUT2D eigenvalue weighted by Crippen LogP contribution is 2.34. The maximum Gasteiger partial charge on any atom is 0.338 e. The molecule has 27 heavy (non-hydrogen) atoms. The molecule has 1 saturated heterocycles. The van der Waals surface area contributed by atoms with Gasteiger partial charge in [0.1, 0.15) is 11.5 Å². The second kappa shape index (κ2) is 7.84. The van der Waals surface area contributed by atoms with Gasteiger partial charge in [0.05, 0.1) is 17.1 Å². The van der Waals surface area contributed by atoms with Crippen LogP contribution in [0.4, 0.5) is 4.79 Å². The van der Waals surface area contributed by atoms with Crippen molar-refractivity contribution in [1.29, 1.82) is 0 Å². The number of carbonyl (C=O) groups excluding carboxylic acids is 3. The van der Waals surface area contributed by atoms with Crippen LogP contribution < -0.4 is 0 Å². The molecular weight excluding hydrogens is 366 g/mol. The van der Waals surface area contributed by atoms with Crippen molar-refractivity contribution < 1.29 is 23.5 Å². The summed E-state index contributed by atoms with van der Waals surface area (Å²) in [6.45, 7) is 5.67. The van der Waals surface area contributed by atoms with E-state index in [-0.39, 0.29) is 23.2 Å². The molecule has 1 aliphatic rings. The lowest BCUT2D eigenvalue weighted by Gasteiger charge is -2.16. The van der Waals surface area contributed by atoms with Gasteiger partial charge in [-0.15, -0.1) is 0 Å². The number of imide groups is 1. The third kappa shape index (κ3) is 3.98. The maximum atomic E-state index is 12.3. The number of benzene rings is 1. The van der Waals surface area contributed by atoms with Crippen molar-refractivity contribution in [2.75, 3.05) is 6.61 Å². The first-order valence-corrected chi connectivity index (χ1v) is 9.36. The van der Waals surface area contributed by atoms with Crippen molar-refractivity contribution >= 4 is 35.0 Å². The molecule has 0 radical (unpaired) electrons. The lowest BCUT2D eigenvalue weighted by atomic mass is 10.1. The minimum Gasteiger partial charge on any atom is -0.462 e. The van der Waals surface area contributed by atoms with Crippen molar-refractivity contribution in [3.8, 4) is 11.3 Å². The standard InChI is InChI=1S/C20H19NO5S/c1-4-25-19(23)14-7-5-13(6-8-14)16-10-9-15(26-16)11-17-18(22)21(12(2)3)20(24)27-17/h5-12H,4H2,1-3H3/b17-11+. The second-order valence-electron chi connectivity index (χ2n) is 6.15. The summed E-state index contributed by atoms with van der Waals surface area (Å²) < 4.78 is 10.7. The number of amides is 2. The van der Waals surface area contributed by atoms with Crippen LogP contribution in [0.5, 0.6) is 0 Å². The normalized spacial score (nSPS) is 15.9. The quantitative estimate of drug-likeness (QED) is 0.554. The molecule has 0 saturated carbocycles. The van der Waals surface area contributed by atoms with Gasteiger partial charge < -0.3 is 9.15 Å². The largest absolute Gasteiger partial charge is 0.462 e. The Morgan fingerprint density at radius 2 is 1.89 bits per heavy atom. The predicted molar refractivity (Wildman–Crippen MR) is 103 cm³/mol. The lowest BCUT2D eigenvalue weighted by Crippen LogP contribution is -2.34. The molecule has 0 atom stereocenters. The summed E-state index contributed by atoms with van der Waals surface area (Å²) in [7, 11) is 0. The summed E-state index contributed by atoms with van der Waals surface area (Å²) in [5.41, 5.74) is 1.26. The van der Waals surface area contributed by atoms with E-state index in [1.54, 1.807) is 63.2 Å². The Labute approximate surface area is 161 Å². The van der Waals surface area contributed by atoms with Gasteiger partial charge in [-0.1, -0.05) is 12.1 Å². The molecule has 2 amide bonds. The number of ether oxygens (including phenoxy) is 1. The molecule has 1 aliphatic heterocycles. The van der Waals surface area contributed by atoms with E-state index >= 15 is 0 Å². The lowest BCUT2D eigenvalue weighted by molar-refractivity contribution is -0.123. The van der Waals surface area contributed by atoms with Crippen LogP contribution >= 0.6 is 11.8 Å². The van der Waals surface area contributed by atoms with Gasteiger partial charge in [0.25, 0.3) is 11.1 Å².